The maximum Gasteiger partial charge on any atom is 0.320 e. The van der Waals surface area contributed by atoms with E-state index in [2.05, 4.69) is 0 Å². The van der Waals surface area contributed by atoms with Crippen LogP contribution in [0.3, 0.4) is 0 Å². The van der Waals surface area contributed by atoms with E-state index < -0.39 is 12.0 Å². The lowest BCUT2D eigenvalue weighted by atomic mass is 10.3. The number of phenols is 1. The van der Waals surface area contributed by atoms with Crippen molar-refractivity contribution in [3.8, 4) is 5.75 Å². The molecule has 0 heterocycles. The summed E-state index contributed by atoms with van der Waals surface area (Å²) < 4.78 is 0. The molecule has 4 heteroatoms. The number of phenolic OH excluding ortho intramolecular Hbond substituents is 1. The van der Waals surface area contributed by atoms with Crippen LogP contribution in [0.5, 0.6) is 5.75 Å². The van der Waals surface area contributed by atoms with Crippen molar-refractivity contribution in [1.29, 1.82) is 0 Å². The van der Waals surface area contributed by atoms with Gasteiger partial charge >= 0.3 is 5.97 Å². The number of hydrogen-bond donors (Lipinski definition) is 3. The van der Waals surface area contributed by atoms with Crippen LogP contribution in [0.4, 0.5) is 0 Å². The number of aliphatic carboxylic acids is 1. The first-order valence-electron chi connectivity index (χ1n) is 3.86. The smallest absolute Gasteiger partial charge is 0.320 e. The van der Waals surface area contributed by atoms with E-state index >= 15 is 0 Å². The standard InChI is InChI=1S/C9H11NO3/c10-8(9(12)13)5-6-1-3-7(11)4-2-6/h1-4,8,11H,5,10H2,(H,12,13)/t8-/m0/s1/i1+1,2+1,3+1,4+1,6+1,7+1. The molecular weight excluding hydrogens is 176 g/mol. The fourth-order valence-electron chi connectivity index (χ4n) is 0.973. The first-order valence-corrected chi connectivity index (χ1v) is 3.86. The van der Waals surface area contributed by atoms with Crippen molar-refractivity contribution in [3.63, 3.8) is 0 Å². The number of rotatable bonds is 3. The Hall–Kier alpha value is -1.55. The topological polar surface area (TPSA) is 83.5 Å². The van der Waals surface area contributed by atoms with Crippen molar-refractivity contribution in [2.75, 3.05) is 0 Å². The minimum Gasteiger partial charge on any atom is -0.508 e. The highest BCUT2D eigenvalue weighted by molar-refractivity contribution is 5.73. The molecule has 13 heavy (non-hydrogen) atoms. The predicted molar refractivity (Wildman–Crippen MR) is 47.4 cm³/mol. The molecule has 1 atom stereocenters. The molecule has 0 saturated heterocycles. The molecule has 1 aromatic rings. The van der Waals surface area contributed by atoms with E-state index in [1.807, 2.05) is 0 Å². The van der Waals surface area contributed by atoms with Crippen molar-refractivity contribution in [3.05, 3.63) is 29.8 Å². The molecule has 0 aliphatic carbocycles. The fourth-order valence-corrected chi connectivity index (χ4v) is 0.973. The Morgan fingerprint density at radius 3 is 2.38 bits per heavy atom. The normalized spacial score (nSPS) is 12.4. The Kier molecular flexibility index (Phi) is 2.87. The van der Waals surface area contributed by atoms with Crippen molar-refractivity contribution in [1.82, 2.24) is 0 Å². The van der Waals surface area contributed by atoms with Gasteiger partial charge in [0, 0.05) is 0 Å². The molecule has 1 rings (SSSR count). The minimum absolute atomic E-state index is 0.160. The second kappa shape index (κ2) is 3.91. The van der Waals surface area contributed by atoms with Crippen LogP contribution in [-0.4, -0.2) is 22.2 Å². The zero-order valence-corrected chi connectivity index (χ0v) is 6.97. The summed E-state index contributed by atoms with van der Waals surface area (Å²) >= 11 is 0. The molecular formula is C9H11NO3. The van der Waals surface area contributed by atoms with Crippen LogP contribution >= 0.6 is 0 Å². The third-order valence-corrected chi connectivity index (χ3v) is 1.71. The summed E-state index contributed by atoms with van der Waals surface area (Å²) in [6.45, 7) is 0. The van der Waals surface area contributed by atoms with Gasteiger partial charge in [-0.3, -0.25) is 4.79 Å². The fraction of sp³-hybridized carbons (Fsp3) is 0.222. The summed E-state index contributed by atoms with van der Waals surface area (Å²) in [6, 6.07) is 5.42. The van der Waals surface area contributed by atoms with Gasteiger partial charge in [0.05, 0.1) is 0 Å². The van der Waals surface area contributed by atoms with E-state index in [1.54, 1.807) is 12.1 Å². The third kappa shape index (κ3) is 2.76. The van der Waals surface area contributed by atoms with Crippen molar-refractivity contribution < 1.29 is 15.0 Å². The molecule has 4 nitrogen and oxygen atoms in total. The Morgan fingerprint density at radius 2 is 1.92 bits per heavy atom. The number of hydrogen-bond acceptors (Lipinski definition) is 3. The van der Waals surface area contributed by atoms with Gasteiger partial charge in [-0.25, -0.2) is 0 Å². The van der Waals surface area contributed by atoms with E-state index in [-0.39, 0.29) is 12.2 Å². The van der Waals surface area contributed by atoms with Gasteiger partial charge < -0.3 is 15.9 Å². The van der Waals surface area contributed by atoms with Gasteiger partial charge in [0.15, 0.2) is 0 Å². The summed E-state index contributed by atoms with van der Waals surface area (Å²) in [6.07, 6.45) is 0.273. The molecule has 0 amide bonds. The van der Waals surface area contributed by atoms with Crippen LogP contribution in [0.2, 0.25) is 0 Å². The quantitative estimate of drug-likeness (QED) is 0.637. The summed E-state index contributed by atoms with van der Waals surface area (Å²) in [5.74, 6) is -0.860. The monoisotopic (exact) mass is 187 g/mol. The van der Waals surface area contributed by atoms with Crippen LogP contribution in [0.15, 0.2) is 24.3 Å². The van der Waals surface area contributed by atoms with Gasteiger partial charge in [-0.1, -0.05) is 12.1 Å². The first kappa shape index (κ1) is 9.54. The summed E-state index contributed by atoms with van der Waals surface area (Å²) in [5.41, 5.74) is 6.12. The Morgan fingerprint density at radius 1 is 1.38 bits per heavy atom. The molecule has 0 radical (unpaired) electrons. The minimum atomic E-state index is -1.02. The maximum absolute atomic E-state index is 10.4. The zero-order chi connectivity index (χ0) is 9.84. The van der Waals surface area contributed by atoms with E-state index in [1.165, 1.54) is 12.1 Å². The number of benzene rings is 1. The van der Waals surface area contributed by atoms with Crippen LogP contribution in [-0.2, 0) is 11.2 Å². The summed E-state index contributed by atoms with van der Waals surface area (Å²) in [7, 11) is 0. The Labute approximate surface area is 75.6 Å². The predicted octanol–water partition coefficient (Wildman–Crippen LogP) is 0.347. The highest BCUT2D eigenvalue weighted by Crippen LogP contribution is 2.10. The largest absolute Gasteiger partial charge is 0.508 e. The third-order valence-electron chi connectivity index (χ3n) is 1.71. The van der Waals surface area contributed by atoms with Crippen molar-refractivity contribution in [2.45, 2.75) is 12.5 Å². The van der Waals surface area contributed by atoms with Crippen molar-refractivity contribution in [2.24, 2.45) is 5.73 Å². The number of carbonyl (C=O) groups is 1. The van der Waals surface area contributed by atoms with E-state index in [0.29, 0.717) is 0 Å². The first-order chi connectivity index (χ1) is 6.09. The number of carboxylic acid groups (broad SMARTS) is 1. The molecule has 0 spiro atoms. The van der Waals surface area contributed by atoms with Gasteiger partial charge in [-0.05, 0) is 24.1 Å². The van der Waals surface area contributed by atoms with E-state index in [9.17, 15) is 4.79 Å². The molecule has 1 aromatic carbocycles. The highest BCUT2D eigenvalue weighted by atomic mass is 16.4. The molecule has 0 saturated carbocycles. The maximum atomic E-state index is 10.4. The van der Waals surface area contributed by atoms with Crippen LogP contribution in [0.1, 0.15) is 5.56 Å². The molecule has 0 aliphatic rings. The number of nitrogens with two attached hydrogens (primary N) is 1. The number of aromatic hydroxyl groups is 1. The molecule has 0 fully saturated rings. The Bertz CT molecular complexity index is 294. The van der Waals surface area contributed by atoms with Crippen LogP contribution in [0.25, 0.3) is 0 Å². The summed E-state index contributed by atoms with van der Waals surface area (Å²) in [4.78, 5) is 10.4. The van der Waals surface area contributed by atoms with Gasteiger partial charge in [-0.15, -0.1) is 0 Å². The van der Waals surface area contributed by atoms with Crippen LogP contribution in [0, 0.1) is 0 Å². The summed E-state index contributed by atoms with van der Waals surface area (Å²) in [5, 5.41) is 17.5. The zero-order valence-electron chi connectivity index (χ0n) is 6.97. The lowest BCUT2D eigenvalue weighted by molar-refractivity contribution is -0.138. The molecule has 0 aromatic heterocycles. The lowest BCUT2D eigenvalue weighted by Crippen LogP contribution is -2.32. The lowest BCUT2D eigenvalue weighted by Gasteiger charge is -2.05. The van der Waals surface area contributed by atoms with E-state index in [4.69, 9.17) is 15.9 Å². The van der Waals surface area contributed by atoms with Crippen molar-refractivity contribution >= 4 is 5.97 Å². The highest BCUT2D eigenvalue weighted by Gasteiger charge is 2.11. The average Bonchev–Trinajstić information content (AvgIpc) is 2.08. The molecule has 4 N–H and O–H groups in total. The van der Waals surface area contributed by atoms with Gasteiger partial charge in [0.1, 0.15) is 11.8 Å². The van der Waals surface area contributed by atoms with Crippen LogP contribution < -0.4 is 5.73 Å². The number of carboxylic acids is 1. The second-order valence-electron chi connectivity index (χ2n) is 2.82. The second-order valence-corrected chi connectivity index (χ2v) is 2.82. The van der Waals surface area contributed by atoms with Gasteiger partial charge in [0.25, 0.3) is 0 Å². The van der Waals surface area contributed by atoms with Gasteiger partial charge in [-0.2, -0.15) is 0 Å². The molecule has 0 bridgehead atoms. The Balaban J connectivity index is 2.64. The SMILES string of the molecule is N[C@@H](C[13c]1[13cH][13cH][13c](O)[13cH][13cH]1)C(=O)O. The average molecular weight is 187 g/mol. The van der Waals surface area contributed by atoms with E-state index in [0.717, 1.165) is 5.56 Å². The molecule has 0 aliphatic heterocycles. The molecule has 70 valence electrons. The van der Waals surface area contributed by atoms with Gasteiger partial charge in [0.2, 0.25) is 0 Å². The molecule has 0 unspecified atom stereocenters.